The van der Waals surface area contributed by atoms with Crippen LogP contribution in [0.15, 0.2) is 76.9 Å². The van der Waals surface area contributed by atoms with Crippen molar-refractivity contribution in [1.29, 1.82) is 0 Å². The van der Waals surface area contributed by atoms with Crippen molar-refractivity contribution in [3.05, 3.63) is 83.2 Å². The Kier molecular flexibility index (Phi) is 4.94. The first-order chi connectivity index (χ1) is 14.3. The van der Waals surface area contributed by atoms with Crippen LogP contribution in [0.3, 0.4) is 0 Å². The molecule has 0 spiro atoms. The third-order valence-corrected chi connectivity index (χ3v) is 6.02. The lowest BCUT2D eigenvalue weighted by atomic mass is 9.94. The third kappa shape index (κ3) is 3.38. The molecule has 0 radical (unpaired) electrons. The maximum absolute atomic E-state index is 5.55. The van der Waals surface area contributed by atoms with E-state index in [9.17, 15) is 0 Å². The average Bonchev–Trinajstić information content (AvgIpc) is 3.13. The summed E-state index contributed by atoms with van der Waals surface area (Å²) < 4.78 is 7.90. The minimum Gasteiger partial charge on any atom is -0.378 e. The number of hydrogen-bond donors (Lipinski definition) is 0. The number of aromatic nitrogens is 1. The van der Waals surface area contributed by atoms with Gasteiger partial charge in [-0.05, 0) is 49.0 Å². The van der Waals surface area contributed by atoms with Crippen molar-refractivity contribution in [2.45, 2.75) is 45.1 Å². The summed E-state index contributed by atoms with van der Waals surface area (Å²) >= 11 is 0. The molecule has 5 rings (SSSR count). The molecule has 2 aromatic carbocycles. The van der Waals surface area contributed by atoms with Crippen molar-refractivity contribution in [3.63, 3.8) is 0 Å². The molecule has 0 amide bonds. The summed E-state index contributed by atoms with van der Waals surface area (Å²) in [6, 6.07) is 21.5. The van der Waals surface area contributed by atoms with Gasteiger partial charge < -0.3 is 14.2 Å². The molecule has 2 aliphatic rings. The molecule has 4 heteroatoms. The minimum atomic E-state index is -0.0860. The van der Waals surface area contributed by atoms with Crippen LogP contribution in [-0.2, 0) is 17.9 Å². The highest BCUT2D eigenvalue weighted by Crippen LogP contribution is 2.38. The van der Waals surface area contributed by atoms with E-state index in [0.29, 0.717) is 6.61 Å². The molecule has 1 aromatic heterocycles. The van der Waals surface area contributed by atoms with Gasteiger partial charge in [0, 0.05) is 36.6 Å². The molecular formula is C25H27N3O. The Hall–Kier alpha value is -2.85. The van der Waals surface area contributed by atoms with Gasteiger partial charge in [0.05, 0.1) is 12.1 Å². The van der Waals surface area contributed by atoms with Crippen LogP contribution in [-0.4, -0.2) is 22.8 Å². The fourth-order valence-corrected chi connectivity index (χ4v) is 4.68. The lowest BCUT2D eigenvalue weighted by Crippen LogP contribution is -2.36. The predicted molar refractivity (Wildman–Crippen MR) is 118 cm³/mol. The van der Waals surface area contributed by atoms with E-state index < -0.39 is 0 Å². The molecule has 1 atom stereocenters. The maximum atomic E-state index is 5.55. The van der Waals surface area contributed by atoms with Crippen molar-refractivity contribution in [1.82, 2.24) is 9.47 Å². The highest BCUT2D eigenvalue weighted by molar-refractivity contribution is 5.83. The number of methoxy groups -OCH3 is 1. The zero-order valence-electron chi connectivity index (χ0n) is 16.9. The highest BCUT2D eigenvalue weighted by Gasteiger charge is 2.30. The van der Waals surface area contributed by atoms with E-state index in [2.05, 4.69) is 76.3 Å². The van der Waals surface area contributed by atoms with Crippen molar-refractivity contribution >= 4 is 17.1 Å². The smallest absolute Gasteiger partial charge is 0.203 e. The SMILES string of the molecule is COCc1cc2ccccc2n1C1N=CC2=C(CCCC2)N1Cc1ccccc1. The van der Waals surface area contributed by atoms with Crippen LogP contribution < -0.4 is 0 Å². The number of para-hydroxylation sites is 1. The summed E-state index contributed by atoms with van der Waals surface area (Å²) in [4.78, 5) is 7.59. The van der Waals surface area contributed by atoms with Gasteiger partial charge in [-0.1, -0.05) is 48.5 Å². The number of allylic oxidation sites excluding steroid dienone is 2. The van der Waals surface area contributed by atoms with Gasteiger partial charge in [-0.2, -0.15) is 0 Å². The standard InChI is InChI=1S/C25H27N3O/c1-29-18-22-15-20-11-5-8-14-24(20)28(22)25-26-16-21-12-6-7-13-23(21)27(25)17-19-9-3-2-4-10-19/h2-5,8-11,14-16,25H,6-7,12-13,17-18H2,1H3. The minimum absolute atomic E-state index is 0.0860. The highest BCUT2D eigenvalue weighted by atomic mass is 16.5. The summed E-state index contributed by atoms with van der Waals surface area (Å²) in [6.07, 6.45) is 6.82. The van der Waals surface area contributed by atoms with Crippen LogP contribution >= 0.6 is 0 Å². The first-order valence-electron chi connectivity index (χ1n) is 10.5. The number of ether oxygens (including phenoxy) is 1. The molecule has 0 bridgehead atoms. The maximum Gasteiger partial charge on any atom is 0.203 e. The summed E-state index contributed by atoms with van der Waals surface area (Å²) in [6.45, 7) is 1.44. The molecule has 1 unspecified atom stereocenters. The zero-order chi connectivity index (χ0) is 19.6. The first-order valence-corrected chi connectivity index (χ1v) is 10.5. The number of rotatable bonds is 5. The Bertz CT molecular complexity index is 1060. The van der Waals surface area contributed by atoms with Gasteiger partial charge in [0.2, 0.25) is 6.29 Å². The Labute approximate surface area is 172 Å². The van der Waals surface area contributed by atoms with E-state index in [1.807, 2.05) is 0 Å². The van der Waals surface area contributed by atoms with Crippen LogP contribution in [0.5, 0.6) is 0 Å². The van der Waals surface area contributed by atoms with Gasteiger partial charge in [0.25, 0.3) is 0 Å². The third-order valence-electron chi connectivity index (χ3n) is 6.02. The van der Waals surface area contributed by atoms with Crippen molar-refractivity contribution < 1.29 is 4.74 Å². The second kappa shape index (κ2) is 7.88. The van der Waals surface area contributed by atoms with E-state index in [-0.39, 0.29) is 6.29 Å². The normalized spacial score (nSPS) is 19.1. The quantitative estimate of drug-likeness (QED) is 0.567. The van der Waals surface area contributed by atoms with Gasteiger partial charge in [-0.15, -0.1) is 0 Å². The zero-order valence-corrected chi connectivity index (χ0v) is 16.9. The Morgan fingerprint density at radius 1 is 1.00 bits per heavy atom. The molecule has 0 saturated carbocycles. The van der Waals surface area contributed by atoms with Gasteiger partial charge in [0.15, 0.2) is 0 Å². The number of aliphatic imine (C=N–C) groups is 1. The van der Waals surface area contributed by atoms with Gasteiger partial charge in [-0.3, -0.25) is 0 Å². The topological polar surface area (TPSA) is 29.8 Å². The largest absolute Gasteiger partial charge is 0.378 e. The second-order valence-electron chi connectivity index (χ2n) is 7.91. The first kappa shape index (κ1) is 18.2. The predicted octanol–water partition coefficient (Wildman–Crippen LogP) is 5.66. The van der Waals surface area contributed by atoms with Crippen LogP contribution in [0.1, 0.15) is 43.2 Å². The van der Waals surface area contributed by atoms with Crippen LogP contribution in [0.25, 0.3) is 10.9 Å². The van der Waals surface area contributed by atoms with Crippen LogP contribution in [0.2, 0.25) is 0 Å². The molecule has 0 fully saturated rings. The molecule has 3 aromatic rings. The fourth-order valence-electron chi connectivity index (χ4n) is 4.68. The number of benzene rings is 2. The Morgan fingerprint density at radius 2 is 1.79 bits per heavy atom. The molecule has 0 N–H and O–H groups in total. The van der Waals surface area contributed by atoms with E-state index in [4.69, 9.17) is 9.73 Å². The van der Waals surface area contributed by atoms with Crippen molar-refractivity contribution in [3.8, 4) is 0 Å². The monoisotopic (exact) mass is 385 g/mol. The summed E-state index contributed by atoms with van der Waals surface area (Å²) in [5.74, 6) is 0. The molecule has 1 aliphatic carbocycles. The van der Waals surface area contributed by atoms with Gasteiger partial charge in [-0.25, -0.2) is 4.99 Å². The summed E-state index contributed by atoms with van der Waals surface area (Å²) in [7, 11) is 1.76. The van der Waals surface area contributed by atoms with E-state index in [0.717, 1.165) is 25.1 Å². The van der Waals surface area contributed by atoms with E-state index >= 15 is 0 Å². The summed E-state index contributed by atoms with van der Waals surface area (Å²) in [5, 5.41) is 1.23. The number of hydrogen-bond acceptors (Lipinski definition) is 3. The fraction of sp³-hybridized carbons (Fsp3) is 0.320. The van der Waals surface area contributed by atoms with Crippen LogP contribution in [0, 0.1) is 0 Å². The average molecular weight is 386 g/mol. The number of nitrogens with zero attached hydrogens (tertiary/aromatic N) is 3. The van der Waals surface area contributed by atoms with Gasteiger partial charge in [0.1, 0.15) is 0 Å². The van der Waals surface area contributed by atoms with Crippen molar-refractivity contribution in [2.75, 3.05) is 7.11 Å². The molecule has 1 aliphatic heterocycles. The van der Waals surface area contributed by atoms with Crippen molar-refractivity contribution in [2.24, 2.45) is 4.99 Å². The van der Waals surface area contributed by atoms with E-state index in [1.54, 1.807) is 7.11 Å². The van der Waals surface area contributed by atoms with Crippen LogP contribution in [0.4, 0.5) is 0 Å². The number of fused-ring (bicyclic) bond motifs is 1. The Morgan fingerprint density at radius 3 is 2.66 bits per heavy atom. The molecule has 2 heterocycles. The molecule has 148 valence electrons. The van der Waals surface area contributed by atoms with E-state index in [1.165, 1.54) is 40.6 Å². The molecule has 0 saturated heterocycles. The lowest BCUT2D eigenvalue weighted by molar-refractivity contribution is 0.146. The molecular weight excluding hydrogens is 358 g/mol. The molecule has 4 nitrogen and oxygen atoms in total. The molecule has 29 heavy (non-hydrogen) atoms. The second-order valence-corrected chi connectivity index (χ2v) is 7.91. The van der Waals surface area contributed by atoms with Gasteiger partial charge >= 0.3 is 0 Å². The summed E-state index contributed by atoms with van der Waals surface area (Å²) in [5.41, 5.74) is 6.56. The Balaban J connectivity index is 1.63. The lowest BCUT2D eigenvalue weighted by Gasteiger charge is -2.40.